The van der Waals surface area contributed by atoms with Gasteiger partial charge < -0.3 is 16.0 Å². The van der Waals surface area contributed by atoms with Gasteiger partial charge in [-0.2, -0.15) is 5.26 Å². The largest absolute Gasteiger partial charge is 0.366 e. The zero-order chi connectivity index (χ0) is 18.8. The van der Waals surface area contributed by atoms with E-state index in [2.05, 4.69) is 37.9 Å². The van der Waals surface area contributed by atoms with Crippen molar-refractivity contribution in [2.75, 3.05) is 5.32 Å². The molecule has 1 aromatic carbocycles. The summed E-state index contributed by atoms with van der Waals surface area (Å²) in [6.07, 6.45) is 3.24. The number of hydrogen-bond acceptors (Lipinski definition) is 4. The average molecular weight is 361 g/mol. The fourth-order valence-electron chi connectivity index (χ4n) is 3.75. The van der Waals surface area contributed by atoms with Gasteiger partial charge in [-0.25, -0.2) is 0 Å². The highest BCUT2D eigenvalue weighted by atomic mass is 35.5. The smallest absolute Gasteiger partial charge is 0.267 e. The molecule has 0 atom stereocenters. The summed E-state index contributed by atoms with van der Waals surface area (Å²) in [6.45, 7) is 8.31. The topological polar surface area (TPSA) is 82.2 Å². The van der Waals surface area contributed by atoms with Gasteiger partial charge >= 0.3 is 0 Å². The number of hydrogen-bond donors (Lipinski definition) is 2. The summed E-state index contributed by atoms with van der Waals surface area (Å²) >= 11 is 5.93. The van der Waals surface area contributed by atoms with Crippen LogP contribution >= 0.6 is 11.6 Å². The molecule has 0 saturated carbocycles. The van der Waals surface area contributed by atoms with Crippen LogP contribution in [-0.2, 0) is 4.79 Å². The van der Waals surface area contributed by atoms with Gasteiger partial charge in [-0.1, -0.05) is 17.7 Å². The number of amides is 1. The maximum absolute atomic E-state index is 12.5. The SMILES string of the molecule is CC1(C)CC(N)CC(C)(C)N1/C=C(/C#N)C(=O)Nc1cccc(Cl)c1. The molecule has 1 amide bonds. The number of anilines is 1. The Kier molecular flexibility index (Phi) is 5.46. The van der Waals surface area contributed by atoms with Gasteiger partial charge in [0.15, 0.2) is 0 Å². The predicted molar refractivity (Wildman–Crippen MR) is 101 cm³/mol. The monoisotopic (exact) mass is 360 g/mol. The molecule has 25 heavy (non-hydrogen) atoms. The van der Waals surface area contributed by atoms with Crippen molar-refractivity contribution in [3.8, 4) is 6.07 Å². The first-order valence-corrected chi connectivity index (χ1v) is 8.67. The van der Waals surface area contributed by atoms with Crippen LogP contribution in [0.2, 0.25) is 5.02 Å². The minimum atomic E-state index is -0.453. The summed E-state index contributed by atoms with van der Waals surface area (Å²) in [6, 6.07) is 8.95. The molecule has 0 aromatic heterocycles. The number of likely N-dealkylation sites (tertiary alicyclic amines) is 1. The molecular weight excluding hydrogens is 336 g/mol. The first kappa shape index (κ1) is 19.3. The van der Waals surface area contributed by atoms with Crippen LogP contribution in [0.5, 0.6) is 0 Å². The van der Waals surface area contributed by atoms with Crippen molar-refractivity contribution in [2.24, 2.45) is 5.73 Å². The van der Waals surface area contributed by atoms with E-state index in [1.165, 1.54) is 0 Å². The lowest BCUT2D eigenvalue weighted by atomic mass is 9.77. The van der Waals surface area contributed by atoms with Gasteiger partial charge in [0.1, 0.15) is 11.6 Å². The Hall–Kier alpha value is -2.03. The molecule has 3 N–H and O–H groups in total. The second-order valence-electron chi connectivity index (χ2n) is 7.78. The quantitative estimate of drug-likeness (QED) is 0.636. The summed E-state index contributed by atoms with van der Waals surface area (Å²) in [5.41, 5.74) is 6.29. The third-order valence-electron chi connectivity index (χ3n) is 4.53. The van der Waals surface area contributed by atoms with E-state index in [0.29, 0.717) is 10.7 Å². The Morgan fingerprint density at radius 2 is 1.96 bits per heavy atom. The number of carbonyl (C=O) groups is 1. The molecule has 1 aromatic rings. The number of nitrogens with zero attached hydrogens (tertiary/aromatic N) is 2. The number of rotatable bonds is 3. The number of benzene rings is 1. The Labute approximate surface area is 154 Å². The molecule has 1 saturated heterocycles. The molecule has 1 aliphatic rings. The van der Waals surface area contributed by atoms with Crippen LogP contribution in [0.3, 0.4) is 0 Å². The summed E-state index contributed by atoms with van der Waals surface area (Å²) in [7, 11) is 0. The molecule has 1 heterocycles. The average Bonchev–Trinajstić information content (AvgIpc) is 2.44. The predicted octanol–water partition coefficient (Wildman–Crippen LogP) is 3.67. The van der Waals surface area contributed by atoms with Crippen LogP contribution in [0.25, 0.3) is 0 Å². The number of nitrogens with one attached hydrogen (secondary N) is 1. The molecule has 2 rings (SSSR count). The summed E-state index contributed by atoms with van der Waals surface area (Å²) < 4.78 is 0. The van der Waals surface area contributed by atoms with Crippen molar-refractivity contribution >= 4 is 23.2 Å². The maximum atomic E-state index is 12.5. The van der Waals surface area contributed by atoms with E-state index >= 15 is 0 Å². The zero-order valence-corrected chi connectivity index (χ0v) is 15.9. The number of nitrogens with two attached hydrogens (primary N) is 1. The standard InChI is InChI=1S/C19H25ClN4O/c1-18(2)9-15(22)10-19(3,4)24(18)12-13(11-21)17(25)23-16-7-5-6-14(20)8-16/h5-8,12,15H,9-10,22H2,1-4H3,(H,23,25)/b13-12-. The van der Waals surface area contributed by atoms with Gasteiger partial charge in [0, 0.05) is 34.0 Å². The Morgan fingerprint density at radius 3 is 2.48 bits per heavy atom. The van der Waals surface area contributed by atoms with E-state index in [9.17, 15) is 10.1 Å². The van der Waals surface area contributed by atoms with Crippen molar-refractivity contribution in [3.63, 3.8) is 0 Å². The molecular formula is C19H25ClN4O. The van der Waals surface area contributed by atoms with Gasteiger partial charge in [-0.15, -0.1) is 0 Å². The third kappa shape index (κ3) is 4.53. The van der Waals surface area contributed by atoms with Crippen molar-refractivity contribution in [3.05, 3.63) is 41.1 Å². The van der Waals surface area contributed by atoms with Gasteiger partial charge in [-0.3, -0.25) is 4.79 Å². The summed E-state index contributed by atoms with van der Waals surface area (Å²) in [4.78, 5) is 14.6. The Balaban J connectivity index is 2.29. The lowest BCUT2D eigenvalue weighted by molar-refractivity contribution is -0.112. The van der Waals surface area contributed by atoms with Crippen molar-refractivity contribution in [2.45, 2.75) is 57.7 Å². The minimum absolute atomic E-state index is 0.0524. The second-order valence-corrected chi connectivity index (χ2v) is 8.22. The highest BCUT2D eigenvalue weighted by Gasteiger charge is 2.43. The molecule has 0 aliphatic carbocycles. The second kappa shape index (κ2) is 7.07. The van der Waals surface area contributed by atoms with E-state index in [-0.39, 0.29) is 22.7 Å². The van der Waals surface area contributed by atoms with Gasteiger partial charge in [0.25, 0.3) is 5.91 Å². The van der Waals surface area contributed by atoms with Gasteiger partial charge in [0.2, 0.25) is 0 Å². The van der Waals surface area contributed by atoms with Crippen LogP contribution < -0.4 is 11.1 Å². The normalized spacial score (nSPS) is 20.0. The molecule has 134 valence electrons. The Bertz CT molecular complexity index is 715. The van der Waals surface area contributed by atoms with Crippen LogP contribution in [0, 0.1) is 11.3 Å². The fraction of sp³-hybridized carbons (Fsp3) is 0.474. The van der Waals surface area contributed by atoms with Crippen molar-refractivity contribution in [1.82, 2.24) is 4.90 Å². The van der Waals surface area contributed by atoms with Crippen molar-refractivity contribution < 1.29 is 4.79 Å². The van der Waals surface area contributed by atoms with Crippen LogP contribution in [0.4, 0.5) is 5.69 Å². The molecule has 1 fully saturated rings. The van der Waals surface area contributed by atoms with Crippen LogP contribution in [-0.4, -0.2) is 27.9 Å². The number of nitriles is 1. The molecule has 6 heteroatoms. The van der Waals surface area contributed by atoms with Gasteiger partial charge in [-0.05, 0) is 58.7 Å². The fourth-order valence-corrected chi connectivity index (χ4v) is 3.94. The van der Waals surface area contributed by atoms with Crippen LogP contribution in [0.15, 0.2) is 36.0 Å². The molecule has 0 radical (unpaired) electrons. The van der Waals surface area contributed by atoms with E-state index in [0.717, 1.165) is 12.8 Å². The molecule has 0 bridgehead atoms. The lowest BCUT2D eigenvalue weighted by Gasteiger charge is -2.54. The maximum Gasteiger partial charge on any atom is 0.267 e. The Morgan fingerprint density at radius 1 is 1.36 bits per heavy atom. The number of halogens is 1. The van der Waals surface area contributed by atoms with E-state index in [1.54, 1.807) is 30.5 Å². The molecule has 0 spiro atoms. The van der Waals surface area contributed by atoms with E-state index in [4.69, 9.17) is 17.3 Å². The first-order valence-electron chi connectivity index (χ1n) is 8.29. The minimum Gasteiger partial charge on any atom is -0.366 e. The third-order valence-corrected chi connectivity index (χ3v) is 4.77. The lowest BCUT2D eigenvalue weighted by Crippen LogP contribution is -2.61. The highest BCUT2D eigenvalue weighted by molar-refractivity contribution is 6.31. The number of piperidine rings is 1. The van der Waals surface area contributed by atoms with Crippen LogP contribution in [0.1, 0.15) is 40.5 Å². The van der Waals surface area contributed by atoms with E-state index in [1.807, 2.05) is 6.07 Å². The zero-order valence-electron chi connectivity index (χ0n) is 15.1. The van der Waals surface area contributed by atoms with E-state index < -0.39 is 5.91 Å². The molecule has 5 nitrogen and oxygen atoms in total. The van der Waals surface area contributed by atoms with Gasteiger partial charge in [0.05, 0.1) is 0 Å². The van der Waals surface area contributed by atoms with Crippen molar-refractivity contribution in [1.29, 1.82) is 5.26 Å². The summed E-state index contributed by atoms with van der Waals surface area (Å²) in [5.74, 6) is -0.453. The molecule has 0 unspecified atom stereocenters. The molecule has 1 aliphatic heterocycles. The number of carbonyl (C=O) groups excluding carboxylic acids is 1. The highest BCUT2D eigenvalue weighted by Crippen LogP contribution is 2.38. The summed E-state index contributed by atoms with van der Waals surface area (Å²) in [5, 5.41) is 12.7. The first-order chi connectivity index (χ1) is 11.5.